The van der Waals surface area contributed by atoms with Crippen LogP contribution in [0.1, 0.15) is 18.4 Å². The molecule has 0 radical (unpaired) electrons. The van der Waals surface area contributed by atoms with E-state index in [1.165, 1.54) is 0 Å². The van der Waals surface area contributed by atoms with E-state index in [1.807, 2.05) is 30.5 Å². The normalized spacial score (nSPS) is 17.1. The highest BCUT2D eigenvalue weighted by Crippen LogP contribution is 2.20. The SMILES string of the molecule is CN1CCC(COC(=O)[C@H](Cc2c[nH]c3ccccc23)NC(=O)O)CC1. The summed E-state index contributed by atoms with van der Waals surface area (Å²) in [6.45, 7) is 2.33. The standard InChI is InChI=1S/C19H25N3O4/c1-22-8-6-13(7-9-22)12-26-18(23)17(21-19(24)25)10-14-11-20-16-5-3-2-4-15(14)16/h2-5,11,13,17,20-21H,6-10,12H2,1H3,(H,24,25)/t17-/m0/s1. The molecule has 3 N–H and O–H groups in total. The summed E-state index contributed by atoms with van der Waals surface area (Å²) < 4.78 is 5.45. The topological polar surface area (TPSA) is 94.7 Å². The number of carbonyl (C=O) groups excluding carboxylic acids is 1. The monoisotopic (exact) mass is 359 g/mol. The Morgan fingerprint density at radius 3 is 2.81 bits per heavy atom. The quantitative estimate of drug-likeness (QED) is 0.688. The number of nitrogens with one attached hydrogen (secondary N) is 2. The molecule has 0 saturated carbocycles. The van der Waals surface area contributed by atoms with Crippen LogP contribution in [0.25, 0.3) is 10.9 Å². The lowest BCUT2D eigenvalue weighted by Gasteiger charge is -2.28. The van der Waals surface area contributed by atoms with Crippen molar-refractivity contribution in [3.63, 3.8) is 0 Å². The van der Waals surface area contributed by atoms with E-state index in [0.717, 1.165) is 42.4 Å². The lowest BCUT2D eigenvalue weighted by atomic mass is 9.98. The molecule has 1 saturated heterocycles. The predicted molar refractivity (Wildman–Crippen MR) is 98.1 cm³/mol. The predicted octanol–water partition coefficient (Wildman–Crippen LogP) is 2.23. The van der Waals surface area contributed by atoms with Gasteiger partial charge in [0.1, 0.15) is 6.04 Å². The lowest BCUT2D eigenvalue weighted by molar-refractivity contribution is -0.147. The number of hydrogen-bond donors (Lipinski definition) is 3. The van der Waals surface area contributed by atoms with Gasteiger partial charge in [0.05, 0.1) is 6.61 Å². The van der Waals surface area contributed by atoms with E-state index in [9.17, 15) is 9.59 Å². The van der Waals surface area contributed by atoms with Crippen LogP contribution in [0, 0.1) is 5.92 Å². The van der Waals surface area contributed by atoms with Gasteiger partial charge in [0.25, 0.3) is 0 Å². The first-order valence-electron chi connectivity index (χ1n) is 8.92. The van der Waals surface area contributed by atoms with Crippen LogP contribution < -0.4 is 5.32 Å². The van der Waals surface area contributed by atoms with E-state index >= 15 is 0 Å². The molecular weight excluding hydrogens is 334 g/mol. The maximum Gasteiger partial charge on any atom is 0.405 e. The zero-order chi connectivity index (χ0) is 18.5. The fraction of sp³-hybridized carbons (Fsp3) is 0.474. The van der Waals surface area contributed by atoms with Crippen molar-refractivity contribution < 1.29 is 19.4 Å². The van der Waals surface area contributed by atoms with Crippen LogP contribution in [-0.4, -0.2) is 59.8 Å². The van der Waals surface area contributed by atoms with Gasteiger partial charge >= 0.3 is 12.1 Å². The van der Waals surface area contributed by atoms with Gasteiger partial charge in [0.2, 0.25) is 0 Å². The van der Waals surface area contributed by atoms with Gasteiger partial charge in [-0.2, -0.15) is 0 Å². The second kappa shape index (κ2) is 8.23. The third-order valence-corrected chi connectivity index (χ3v) is 4.98. The van der Waals surface area contributed by atoms with Gasteiger partial charge < -0.3 is 25.0 Å². The average molecular weight is 359 g/mol. The number of piperidine rings is 1. The van der Waals surface area contributed by atoms with Crippen molar-refractivity contribution in [2.24, 2.45) is 5.92 Å². The number of amides is 1. The molecule has 1 aromatic carbocycles. The minimum Gasteiger partial charge on any atom is -0.465 e. The molecule has 0 spiro atoms. The number of ether oxygens (including phenoxy) is 1. The van der Waals surface area contributed by atoms with Crippen molar-refractivity contribution in [1.82, 2.24) is 15.2 Å². The Bertz CT molecular complexity index is 765. The van der Waals surface area contributed by atoms with Gasteiger partial charge in [-0.1, -0.05) is 18.2 Å². The van der Waals surface area contributed by atoms with Gasteiger partial charge in [-0.3, -0.25) is 0 Å². The Kier molecular flexibility index (Phi) is 5.78. The second-order valence-corrected chi connectivity index (χ2v) is 6.94. The summed E-state index contributed by atoms with van der Waals surface area (Å²) in [7, 11) is 2.08. The van der Waals surface area contributed by atoms with Gasteiger partial charge in [-0.05, 0) is 50.5 Å². The van der Waals surface area contributed by atoms with E-state index in [2.05, 4.69) is 22.2 Å². The van der Waals surface area contributed by atoms with Crippen LogP contribution in [0.5, 0.6) is 0 Å². The number of carbonyl (C=O) groups is 2. The van der Waals surface area contributed by atoms with Crippen molar-refractivity contribution in [2.45, 2.75) is 25.3 Å². The third-order valence-electron chi connectivity index (χ3n) is 4.98. The van der Waals surface area contributed by atoms with Crippen LogP contribution in [0.2, 0.25) is 0 Å². The number of aromatic amines is 1. The summed E-state index contributed by atoms with van der Waals surface area (Å²) in [5.74, 6) is -0.176. The van der Waals surface area contributed by atoms with Crippen molar-refractivity contribution in [1.29, 1.82) is 0 Å². The summed E-state index contributed by atoms with van der Waals surface area (Å²) in [4.78, 5) is 29.0. The number of benzene rings is 1. The van der Waals surface area contributed by atoms with Crippen molar-refractivity contribution in [3.8, 4) is 0 Å². The third kappa shape index (κ3) is 4.54. The molecule has 0 aliphatic carbocycles. The minimum atomic E-state index is -1.23. The molecule has 1 aliphatic heterocycles. The zero-order valence-electron chi connectivity index (χ0n) is 14.9. The van der Waals surface area contributed by atoms with E-state index in [1.54, 1.807) is 0 Å². The maximum absolute atomic E-state index is 12.5. The maximum atomic E-state index is 12.5. The van der Waals surface area contributed by atoms with Gasteiger partial charge in [0, 0.05) is 23.5 Å². The van der Waals surface area contributed by atoms with Crippen LogP contribution >= 0.6 is 0 Å². The Morgan fingerprint density at radius 1 is 1.35 bits per heavy atom. The Balaban J connectivity index is 1.63. The van der Waals surface area contributed by atoms with Gasteiger partial charge in [-0.25, -0.2) is 9.59 Å². The first kappa shape index (κ1) is 18.3. The summed E-state index contributed by atoms with van der Waals surface area (Å²) in [5, 5.41) is 12.4. The number of likely N-dealkylation sites (tertiary alicyclic amines) is 1. The van der Waals surface area contributed by atoms with Crippen LogP contribution in [-0.2, 0) is 16.0 Å². The van der Waals surface area contributed by atoms with Crippen molar-refractivity contribution >= 4 is 23.0 Å². The molecule has 1 aliphatic rings. The molecule has 1 amide bonds. The molecule has 0 unspecified atom stereocenters. The molecule has 26 heavy (non-hydrogen) atoms. The Morgan fingerprint density at radius 2 is 2.08 bits per heavy atom. The first-order chi connectivity index (χ1) is 12.5. The van der Waals surface area contributed by atoms with Crippen molar-refractivity contribution in [2.75, 3.05) is 26.7 Å². The summed E-state index contributed by atoms with van der Waals surface area (Å²) >= 11 is 0. The highest BCUT2D eigenvalue weighted by Gasteiger charge is 2.25. The lowest BCUT2D eigenvalue weighted by Crippen LogP contribution is -2.43. The molecule has 1 atom stereocenters. The number of aromatic nitrogens is 1. The molecular formula is C19H25N3O4. The fourth-order valence-corrected chi connectivity index (χ4v) is 3.39. The molecule has 2 aromatic rings. The second-order valence-electron chi connectivity index (χ2n) is 6.94. The van der Waals surface area contributed by atoms with Crippen molar-refractivity contribution in [3.05, 3.63) is 36.0 Å². The average Bonchev–Trinajstić information content (AvgIpc) is 3.03. The smallest absolute Gasteiger partial charge is 0.405 e. The highest BCUT2D eigenvalue weighted by molar-refractivity contribution is 5.85. The van der Waals surface area contributed by atoms with Gasteiger partial charge in [0.15, 0.2) is 0 Å². The van der Waals surface area contributed by atoms with E-state index in [4.69, 9.17) is 9.84 Å². The Labute approximate surface area is 152 Å². The zero-order valence-corrected chi connectivity index (χ0v) is 14.9. The number of esters is 1. The molecule has 2 heterocycles. The molecule has 7 heteroatoms. The summed E-state index contributed by atoms with van der Waals surface area (Å²) in [6, 6.07) is 6.81. The minimum absolute atomic E-state index is 0.253. The number of fused-ring (bicyclic) bond motifs is 1. The number of H-pyrrole nitrogens is 1. The van der Waals surface area contributed by atoms with Gasteiger partial charge in [-0.15, -0.1) is 0 Å². The Hall–Kier alpha value is -2.54. The number of rotatable bonds is 6. The van der Waals surface area contributed by atoms with E-state index in [-0.39, 0.29) is 6.42 Å². The van der Waals surface area contributed by atoms with Crippen LogP contribution in [0.4, 0.5) is 4.79 Å². The summed E-state index contributed by atoms with van der Waals surface area (Å²) in [6.07, 6.45) is 2.81. The highest BCUT2D eigenvalue weighted by atomic mass is 16.5. The first-order valence-corrected chi connectivity index (χ1v) is 8.92. The van der Waals surface area contributed by atoms with E-state index in [0.29, 0.717) is 12.5 Å². The molecule has 7 nitrogen and oxygen atoms in total. The molecule has 3 rings (SSSR count). The number of para-hydroxylation sites is 1. The summed E-state index contributed by atoms with van der Waals surface area (Å²) in [5.41, 5.74) is 1.84. The number of carboxylic acid groups (broad SMARTS) is 1. The molecule has 140 valence electrons. The number of hydrogen-bond acceptors (Lipinski definition) is 4. The van der Waals surface area contributed by atoms with E-state index < -0.39 is 18.1 Å². The molecule has 1 aromatic heterocycles. The fourth-order valence-electron chi connectivity index (χ4n) is 3.39. The molecule has 1 fully saturated rings. The number of nitrogens with zero attached hydrogens (tertiary/aromatic N) is 1. The van der Waals surface area contributed by atoms with Crippen LogP contribution in [0.3, 0.4) is 0 Å². The molecule has 0 bridgehead atoms. The largest absolute Gasteiger partial charge is 0.465 e. The van der Waals surface area contributed by atoms with Crippen LogP contribution in [0.15, 0.2) is 30.5 Å².